The van der Waals surface area contributed by atoms with Crippen molar-refractivity contribution in [3.05, 3.63) is 47.4 Å². The molecule has 162 valence electrons. The van der Waals surface area contributed by atoms with E-state index in [1.165, 1.54) is 12.1 Å². The Kier molecular flexibility index (Phi) is 5.62. The first-order valence-corrected chi connectivity index (χ1v) is 9.61. The molecule has 2 atom stereocenters. The lowest BCUT2D eigenvalue weighted by Crippen LogP contribution is -2.47. The first-order valence-electron chi connectivity index (χ1n) is 9.61. The molecule has 2 fully saturated rings. The summed E-state index contributed by atoms with van der Waals surface area (Å²) in [4.78, 5) is 21.7. The maximum Gasteiger partial charge on any atom is 0.416 e. The molecule has 1 spiro atoms. The lowest BCUT2D eigenvalue weighted by atomic mass is 9.88. The molecule has 0 radical (unpaired) electrons. The van der Waals surface area contributed by atoms with Gasteiger partial charge in [-0.2, -0.15) is 13.2 Å². The van der Waals surface area contributed by atoms with Crippen molar-refractivity contribution in [2.24, 2.45) is 0 Å². The van der Waals surface area contributed by atoms with Crippen LogP contribution in [0.15, 0.2) is 30.3 Å². The van der Waals surface area contributed by atoms with Crippen molar-refractivity contribution < 1.29 is 18.0 Å². The van der Waals surface area contributed by atoms with Crippen LogP contribution in [0.5, 0.6) is 0 Å². The standard InChI is InChI=1S/C21H23F3N4O.ClH/c1-12-10-16(13-4-6-14(7-5-13)21(22,23)24)26-17(25-12)15-8-9-20(27-15)11-19(2,3)28-18(20)29;/h4-7,10,15,27H,8-9,11H2,1-3H3,(H,28,29);1H/t15-,20+;/m0./s1. The van der Waals surface area contributed by atoms with Gasteiger partial charge in [-0.05, 0) is 58.2 Å². The fraction of sp³-hybridized carbons (Fsp3) is 0.476. The molecule has 0 bridgehead atoms. The third-order valence-electron chi connectivity index (χ3n) is 5.63. The average molecular weight is 441 g/mol. The van der Waals surface area contributed by atoms with Gasteiger partial charge in [-0.1, -0.05) is 12.1 Å². The summed E-state index contributed by atoms with van der Waals surface area (Å²) < 4.78 is 38.5. The number of benzene rings is 1. The molecular formula is C21H24ClF3N4O. The molecule has 2 aromatic rings. The van der Waals surface area contributed by atoms with Crippen molar-refractivity contribution in [1.29, 1.82) is 0 Å². The van der Waals surface area contributed by atoms with Crippen LogP contribution in [0.1, 0.15) is 56.2 Å². The number of hydrogen-bond donors (Lipinski definition) is 2. The summed E-state index contributed by atoms with van der Waals surface area (Å²) in [7, 11) is 0. The van der Waals surface area contributed by atoms with Crippen molar-refractivity contribution in [3.8, 4) is 11.3 Å². The van der Waals surface area contributed by atoms with Gasteiger partial charge < -0.3 is 5.32 Å². The number of amides is 1. The van der Waals surface area contributed by atoms with E-state index in [0.29, 0.717) is 29.9 Å². The number of nitrogens with zero attached hydrogens (tertiary/aromatic N) is 2. The van der Waals surface area contributed by atoms with Crippen LogP contribution in [-0.4, -0.2) is 27.0 Å². The molecule has 1 aromatic heterocycles. The Morgan fingerprint density at radius 2 is 1.80 bits per heavy atom. The fourth-order valence-corrected chi connectivity index (χ4v) is 4.41. The summed E-state index contributed by atoms with van der Waals surface area (Å²) in [6, 6.07) is 6.53. The molecule has 9 heteroatoms. The molecule has 0 unspecified atom stereocenters. The molecule has 2 saturated heterocycles. The molecule has 2 N–H and O–H groups in total. The van der Waals surface area contributed by atoms with Crippen LogP contribution in [-0.2, 0) is 11.0 Å². The van der Waals surface area contributed by atoms with E-state index in [1.807, 2.05) is 20.8 Å². The monoisotopic (exact) mass is 440 g/mol. The zero-order chi connectivity index (χ0) is 21.0. The second kappa shape index (κ2) is 7.50. The summed E-state index contributed by atoms with van der Waals surface area (Å²) in [6.45, 7) is 5.83. The molecule has 3 heterocycles. The van der Waals surface area contributed by atoms with Crippen LogP contribution in [0.3, 0.4) is 0 Å². The van der Waals surface area contributed by atoms with E-state index in [9.17, 15) is 18.0 Å². The summed E-state index contributed by atoms with van der Waals surface area (Å²) in [5, 5.41) is 6.47. The van der Waals surface area contributed by atoms with E-state index < -0.39 is 17.3 Å². The predicted molar refractivity (Wildman–Crippen MR) is 109 cm³/mol. The van der Waals surface area contributed by atoms with Gasteiger partial charge in [0.2, 0.25) is 5.91 Å². The smallest absolute Gasteiger partial charge is 0.350 e. The summed E-state index contributed by atoms with van der Waals surface area (Å²) in [6.07, 6.45) is -2.27. The van der Waals surface area contributed by atoms with Gasteiger partial charge in [0.15, 0.2) is 0 Å². The Morgan fingerprint density at radius 3 is 2.37 bits per heavy atom. The second-order valence-electron chi connectivity index (χ2n) is 8.66. The highest BCUT2D eigenvalue weighted by molar-refractivity contribution is 5.90. The first kappa shape index (κ1) is 22.5. The van der Waals surface area contributed by atoms with Gasteiger partial charge in [-0.3, -0.25) is 10.1 Å². The van der Waals surface area contributed by atoms with E-state index in [4.69, 9.17) is 0 Å². The van der Waals surface area contributed by atoms with Gasteiger partial charge in [0.05, 0.1) is 17.3 Å². The summed E-state index contributed by atoms with van der Waals surface area (Å²) >= 11 is 0. The average Bonchev–Trinajstić information content (AvgIpc) is 3.14. The second-order valence-corrected chi connectivity index (χ2v) is 8.66. The minimum absolute atomic E-state index is 0. The minimum Gasteiger partial charge on any atom is -0.350 e. The Labute approximate surface area is 179 Å². The predicted octanol–water partition coefficient (Wildman–Crippen LogP) is 4.35. The Hall–Kier alpha value is -2.19. The van der Waals surface area contributed by atoms with E-state index in [2.05, 4.69) is 20.6 Å². The van der Waals surface area contributed by atoms with E-state index in [-0.39, 0.29) is 29.9 Å². The summed E-state index contributed by atoms with van der Waals surface area (Å²) in [5.41, 5.74) is 0.316. The number of carbonyl (C=O) groups is 1. The van der Waals surface area contributed by atoms with Crippen LogP contribution in [0, 0.1) is 6.92 Å². The van der Waals surface area contributed by atoms with Crippen molar-refractivity contribution in [1.82, 2.24) is 20.6 Å². The Balaban J connectivity index is 0.00000256. The summed E-state index contributed by atoms with van der Waals surface area (Å²) in [5.74, 6) is 0.565. The number of rotatable bonds is 2. The number of carbonyl (C=O) groups excluding carboxylic acids is 1. The lowest BCUT2D eigenvalue weighted by Gasteiger charge is -2.23. The minimum atomic E-state index is -4.37. The Bertz CT molecular complexity index is 962. The maximum atomic E-state index is 12.8. The normalized spacial score (nSPS) is 25.3. The molecule has 30 heavy (non-hydrogen) atoms. The highest BCUT2D eigenvalue weighted by Crippen LogP contribution is 2.41. The zero-order valence-corrected chi connectivity index (χ0v) is 17.7. The number of hydrogen-bond acceptors (Lipinski definition) is 4. The number of halogens is 4. The van der Waals surface area contributed by atoms with Crippen LogP contribution in [0.25, 0.3) is 11.3 Å². The van der Waals surface area contributed by atoms with Crippen LogP contribution >= 0.6 is 12.4 Å². The third kappa shape index (κ3) is 4.16. The number of alkyl halides is 3. The highest BCUT2D eigenvalue weighted by atomic mass is 35.5. The number of aryl methyl sites for hydroxylation is 1. The largest absolute Gasteiger partial charge is 0.416 e. The van der Waals surface area contributed by atoms with Crippen molar-refractivity contribution in [3.63, 3.8) is 0 Å². The van der Waals surface area contributed by atoms with Crippen molar-refractivity contribution in [2.45, 2.75) is 63.3 Å². The molecule has 2 aliphatic rings. The molecule has 0 saturated carbocycles. The van der Waals surface area contributed by atoms with Crippen molar-refractivity contribution >= 4 is 18.3 Å². The third-order valence-corrected chi connectivity index (χ3v) is 5.63. The molecule has 4 rings (SSSR count). The number of aromatic nitrogens is 2. The number of nitrogens with one attached hydrogen (secondary N) is 2. The van der Waals surface area contributed by atoms with Crippen LogP contribution in [0.2, 0.25) is 0 Å². The molecule has 1 amide bonds. The van der Waals surface area contributed by atoms with E-state index >= 15 is 0 Å². The molecule has 1 aromatic carbocycles. The zero-order valence-electron chi connectivity index (χ0n) is 16.9. The van der Waals surface area contributed by atoms with E-state index in [1.54, 1.807) is 6.07 Å². The molecular weight excluding hydrogens is 417 g/mol. The fourth-order valence-electron chi connectivity index (χ4n) is 4.41. The van der Waals surface area contributed by atoms with Crippen molar-refractivity contribution in [2.75, 3.05) is 0 Å². The van der Waals surface area contributed by atoms with Gasteiger partial charge in [-0.15, -0.1) is 12.4 Å². The van der Waals surface area contributed by atoms with Crippen LogP contribution in [0.4, 0.5) is 13.2 Å². The molecule has 2 aliphatic heterocycles. The quantitative estimate of drug-likeness (QED) is 0.728. The molecule has 0 aliphatic carbocycles. The van der Waals surface area contributed by atoms with Gasteiger partial charge in [0.1, 0.15) is 11.4 Å². The van der Waals surface area contributed by atoms with Gasteiger partial charge >= 0.3 is 6.18 Å². The van der Waals surface area contributed by atoms with E-state index in [0.717, 1.165) is 24.2 Å². The Morgan fingerprint density at radius 1 is 1.13 bits per heavy atom. The molecule has 5 nitrogen and oxygen atoms in total. The van der Waals surface area contributed by atoms with Crippen LogP contribution < -0.4 is 10.6 Å². The SMILES string of the molecule is Cc1cc(-c2ccc(C(F)(F)F)cc2)nc([C@@H]2CC[C@]3(CC(C)(C)NC3=O)N2)n1.Cl. The first-order chi connectivity index (χ1) is 13.5. The van der Waals surface area contributed by atoms with Gasteiger partial charge in [0.25, 0.3) is 0 Å². The lowest BCUT2D eigenvalue weighted by molar-refractivity contribution is -0.137. The topological polar surface area (TPSA) is 66.9 Å². The van der Waals surface area contributed by atoms with Gasteiger partial charge in [0, 0.05) is 16.8 Å². The van der Waals surface area contributed by atoms with Gasteiger partial charge in [-0.25, -0.2) is 9.97 Å². The highest BCUT2D eigenvalue weighted by Gasteiger charge is 2.54. The maximum absolute atomic E-state index is 12.8.